The van der Waals surface area contributed by atoms with Crippen LogP contribution in [0.4, 0.5) is 5.82 Å². The maximum Gasteiger partial charge on any atom is 0.251 e. The minimum absolute atomic E-state index is 0.127. The average molecular weight is 432 g/mol. The number of hydrogen-bond acceptors (Lipinski definition) is 5. The topological polar surface area (TPSA) is 79.8 Å². The lowest BCUT2D eigenvalue weighted by Gasteiger charge is -2.21. The summed E-state index contributed by atoms with van der Waals surface area (Å²) in [4.78, 5) is 26.4. The SMILES string of the molecule is CCCC(CC)Nc1cc(-c2cc(C(=O)NC(C)(C)C)cc(-c3ccncc3)n2)ccn1. The monoisotopic (exact) mass is 431 g/mol. The summed E-state index contributed by atoms with van der Waals surface area (Å²) in [7, 11) is 0. The van der Waals surface area contributed by atoms with Crippen LogP contribution >= 0.6 is 0 Å². The standard InChI is InChI=1S/C26H33N5O/c1-6-8-21(7-2)29-24-17-19(11-14-28-24)23-16-20(25(32)31-26(3,4)5)15-22(30-23)18-9-12-27-13-10-18/h9-17,21H,6-8H2,1-5H3,(H,28,29)(H,31,32). The summed E-state index contributed by atoms with van der Waals surface area (Å²) < 4.78 is 0. The molecular formula is C26H33N5O. The van der Waals surface area contributed by atoms with Crippen molar-refractivity contribution < 1.29 is 4.79 Å². The van der Waals surface area contributed by atoms with Crippen molar-refractivity contribution >= 4 is 11.7 Å². The van der Waals surface area contributed by atoms with Crippen molar-refractivity contribution in [2.75, 3.05) is 5.32 Å². The predicted molar refractivity (Wildman–Crippen MR) is 131 cm³/mol. The van der Waals surface area contributed by atoms with Crippen LogP contribution in [0, 0.1) is 0 Å². The molecule has 3 aromatic heterocycles. The van der Waals surface area contributed by atoms with Gasteiger partial charge in [0.1, 0.15) is 5.82 Å². The molecule has 0 aromatic carbocycles. The lowest BCUT2D eigenvalue weighted by Crippen LogP contribution is -2.40. The van der Waals surface area contributed by atoms with Crippen LogP contribution in [0.5, 0.6) is 0 Å². The van der Waals surface area contributed by atoms with E-state index >= 15 is 0 Å². The molecule has 32 heavy (non-hydrogen) atoms. The Hall–Kier alpha value is -3.28. The van der Waals surface area contributed by atoms with E-state index in [1.54, 1.807) is 18.6 Å². The molecule has 0 aliphatic rings. The summed E-state index contributed by atoms with van der Waals surface area (Å²) in [6.07, 6.45) is 8.48. The molecule has 6 nitrogen and oxygen atoms in total. The molecule has 0 fully saturated rings. The molecule has 6 heteroatoms. The van der Waals surface area contributed by atoms with E-state index in [9.17, 15) is 4.79 Å². The highest BCUT2D eigenvalue weighted by Crippen LogP contribution is 2.26. The van der Waals surface area contributed by atoms with E-state index in [-0.39, 0.29) is 11.4 Å². The van der Waals surface area contributed by atoms with E-state index < -0.39 is 0 Å². The van der Waals surface area contributed by atoms with Crippen molar-refractivity contribution in [1.29, 1.82) is 0 Å². The van der Waals surface area contributed by atoms with E-state index in [1.165, 1.54) is 0 Å². The number of amides is 1. The number of nitrogens with zero attached hydrogens (tertiary/aromatic N) is 3. The van der Waals surface area contributed by atoms with Crippen LogP contribution in [0.15, 0.2) is 55.0 Å². The number of carbonyl (C=O) groups is 1. The maximum absolute atomic E-state index is 13.0. The van der Waals surface area contributed by atoms with E-state index in [4.69, 9.17) is 4.98 Å². The molecule has 3 rings (SSSR count). The fraction of sp³-hybridized carbons (Fsp3) is 0.385. The summed E-state index contributed by atoms with van der Waals surface area (Å²) in [5.41, 5.74) is 3.52. The Kier molecular flexibility index (Phi) is 7.57. The van der Waals surface area contributed by atoms with Gasteiger partial charge in [-0.1, -0.05) is 20.3 Å². The van der Waals surface area contributed by atoms with Crippen molar-refractivity contribution in [2.24, 2.45) is 0 Å². The van der Waals surface area contributed by atoms with Crippen molar-refractivity contribution in [3.05, 3.63) is 60.6 Å². The molecule has 0 saturated heterocycles. The molecule has 2 N–H and O–H groups in total. The van der Waals surface area contributed by atoms with Crippen molar-refractivity contribution in [1.82, 2.24) is 20.3 Å². The Morgan fingerprint density at radius 3 is 2.25 bits per heavy atom. The average Bonchev–Trinajstić information content (AvgIpc) is 2.78. The molecule has 0 aliphatic heterocycles. The van der Waals surface area contributed by atoms with Gasteiger partial charge in [0, 0.05) is 46.9 Å². The molecular weight excluding hydrogens is 398 g/mol. The molecule has 3 aromatic rings. The highest BCUT2D eigenvalue weighted by Gasteiger charge is 2.18. The first-order valence-electron chi connectivity index (χ1n) is 11.3. The van der Waals surface area contributed by atoms with Gasteiger partial charge in [0.25, 0.3) is 5.91 Å². The van der Waals surface area contributed by atoms with Crippen LogP contribution in [0.25, 0.3) is 22.5 Å². The van der Waals surface area contributed by atoms with Crippen LogP contribution < -0.4 is 10.6 Å². The number of nitrogens with one attached hydrogen (secondary N) is 2. The molecule has 1 atom stereocenters. The fourth-order valence-corrected chi connectivity index (χ4v) is 3.50. The van der Waals surface area contributed by atoms with Gasteiger partial charge >= 0.3 is 0 Å². The summed E-state index contributed by atoms with van der Waals surface area (Å²) in [5, 5.41) is 6.58. The largest absolute Gasteiger partial charge is 0.367 e. The van der Waals surface area contributed by atoms with E-state index in [0.29, 0.717) is 11.6 Å². The molecule has 0 spiro atoms. The predicted octanol–water partition coefficient (Wildman–Crippen LogP) is 5.72. The summed E-state index contributed by atoms with van der Waals surface area (Å²) >= 11 is 0. The van der Waals surface area contributed by atoms with Gasteiger partial charge in [0.2, 0.25) is 0 Å². The van der Waals surface area contributed by atoms with Crippen molar-refractivity contribution in [2.45, 2.75) is 65.5 Å². The molecule has 3 heterocycles. The van der Waals surface area contributed by atoms with E-state index in [0.717, 1.165) is 47.6 Å². The van der Waals surface area contributed by atoms with Crippen LogP contribution in [-0.4, -0.2) is 32.4 Å². The fourth-order valence-electron chi connectivity index (χ4n) is 3.50. The minimum atomic E-state index is -0.334. The van der Waals surface area contributed by atoms with Crippen LogP contribution in [0.2, 0.25) is 0 Å². The van der Waals surface area contributed by atoms with Gasteiger partial charge in [-0.15, -0.1) is 0 Å². The summed E-state index contributed by atoms with van der Waals surface area (Å²) in [6, 6.07) is 11.8. The Balaban J connectivity index is 2.03. The van der Waals surface area contributed by atoms with E-state index in [2.05, 4.69) is 34.4 Å². The second-order valence-corrected chi connectivity index (χ2v) is 9.03. The van der Waals surface area contributed by atoms with E-state index in [1.807, 2.05) is 57.2 Å². The zero-order valence-corrected chi connectivity index (χ0v) is 19.6. The van der Waals surface area contributed by atoms with Gasteiger partial charge < -0.3 is 10.6 Å². The number of rotatable bonds is 8. The first-order chi connectivity index (χ1) is 15.3. The molecule has 0 aliphatic carbocycles. The van der Waals surface area contributed by atoms with Gasteiger partial charge in [0.15, 0.2) is 0 Å². The zero-order valence-electron chi connectivity index (χ0n) is 19.6. The summed E-state index contributed by atoms with van der Waals surface area (Å²) in [5.74, 6) is 0.692. The van der Waals surface area contributed by atoms with Gasteiger partial charge in [-0.25, -0.2) is 9.97 Å². The Morgan fingerprint density at radius 1 is 0.969 bits per heavy atom. The number of aromatic nitrogens is 3. The second kappa shape index (κ2) is 10.4. The smallest absolute Gasteiger partial charge is 0.251 e. The lowest BCUT2D eigenvalue weighted by atomic mass is 10.0. The highest BCUT2D eigenvalue weighted by atomic mass is 16.1. The quantitative estimate of drug-likeness (QED) is 0.476. The third-order valence-electron chi connectivity index (χ3n) is 5.09. The first kappa shape index (κ1) is 23.4. The van der Waals surface area contributed by atoms with Crippen LogP contribution in [0.1, 0.15) is 64.2 Å². The zero-order chi connectivity index (χ0) is 23.1. The molecule has 0 saturated carbocycles. The third kappa shape index (κ3) is 6.36. The molecule has 0 bridgehead atoms. The second-order valence-electron chi connectivity index (χ2n) is 9.03. The normalized spacial score (nSPS) is 12.3. The maximum atomic E-state index is 13.0. The highest BCUT2D eigenvalue weighted by molar-refractivity contribution is 5.96. The number of hydrogen-bond donors (Lipinski definition) is 2. The Labute approximate surface area is 190 Å². The third-order valence-corrected chi connectivity index (χ3v) is 5.09. The van der Waals surface area contributed by atoms with Gasteiger partial charge in [-0.05, 0) is 70.0 Å². The first-order valence-corrected chi connectivity index (χ1v) is 11.3. The lowest BCUT2D eigenvalue weighted by molar-refractivity contribution is 0.0919. The van der Waals surface area contributed by atoms with Crippen molar-refractivity contribution in [3.63, 3.8) is 0 Å². The number of pyridine rings is 3. The summed E-state index contributed by atoms with van der Waals surface area (Å²) in [6.45, 7) is 10.3. The van der Waals surface area contributed by atoms with Crippen molar-refractivity contribution in [3.8, 4) is 22.5 Å². The number of anilines is 1. The van der Waals surface area contributed by atoms with Gasteiger partial charge in [-0.3, -0.25) is 9.78 Å². The van der Waals surface area contributed by atoms with Gasteiger partial charge in [-0.2, -0.15) is 0 Å². The molecule has 168 valence electrons. The Bertz CT molecular complexity index is 1040. The van der Waals surface area contributed by atoms with Gasteiger partial charge in [0.05, 0.1) is 11.4 Å². The number of carbonyl (C=O) groups excluding carboxylic acids is 1. The molecule has 1 amide bonds. The van der Waals surface area contributed by atoms with Crippen LogP contribution in [-0.2, 0) is 0 Å². The Morgan fingerprint density at radius 2 is 1.62 bits per heavy atom. The van der Waals surface area contributed by atoms with Crippen LogP contribution in [0.3, 0.4) is 0 Å². The molecule has 1 unspecified atom stereocenters. The minimum Gasteiger partial charge on any atom is -0.367 e. The molecule has 0 radical (unpaired) electrons.